The number of hydrogen-bond donors (Lipinski definition) is 2. The van der Waals surface area contributed by atoms with Crippen molar-refractivity contribution in [2.24, 2.45) is 5.73 Å². The van der Waals surface area contributed by atoms with Gasteiger partial charge in [-0.2, -0.15) is 0 Å². The van der Waals surface area contributed by atoms with Crippen LogP contribution in [0, 0.1) is 0 Å². The van der Waals surface area contributed by atoms with Crippen molar-refractivity contribution in [2.75, 3.05) is 0 Å². The van der Waals surface area contributed by atoms with Gasteiger partial charge in [-0.05, 0) is 25.7 Å². The molecule has 1 aromatic heterocycles. The number of nitrogens with two attached hydrogens (primary N) is 1. The van der Waals surface area contributed by atoms with Gasteiger partial charge >= 0.3 is 0 Å². The van der Waals surface area contributed by atoms with Crippen molar-refractivity contribution in [3.05, 3.63) is 40.7 Å². The molecule has 106 valence electrons. The maximum Gasteiger partial charge on any atom is 0.0961 e. The first-order chi connectivity index (χ1) is 9.65. The SMILES string of the molecule is NC1CCC(O)(Cc2nc(-c3ccccc3)cs2)CC1. The Morgan fingerprint density at radius 1 is 1.25 bits per heavy atom. The third-order valence-electron chi connectivity index (χ3n) is 4.06. The standard InChI is InChI=1S/C16H20N2OS/c17-13-6-8-16(19,9-7-13)10-15-18-14(11-20-15)12-4-2-1-3-5-12/h1-5,11,13,19H,6-10,17H2. The monoisotopic (exact) mass is 288 g/mol. The molecular weight excluding hydrogens is 268 g/mol. The zero-order valence-corrected chi connectivity index (χ0v) is 12.3. The Kier molecular flexibility index (Phi) is 3.87. The molecule has 0 amide bonds. The van der Waals surface area contributed by atoms with E-state index in [1.54, 1.807) is 11.3 Å². The fraction of sp³-hybridized carbons (Fsp3) is 0.438. The smallest absolute Gasteiger partial charge is 0.0961 e. The number of nitrogens with zero attached hydrogens (tertiary/aromatic N) is 1. The maximum absolute atomic E-state index is 10.6. The van der Waals surface area contributed by atoms with Gasteiger partial charge in [-0.15, -0.1) is 11.3 Å². The molecule has 1 fully saturated rings. The van der Waals surface area contributed by atoms with Crippen LogP contribution in [0.2, 0.25) is 0 Å². The predicted octanol–water partition coefficient (Wildman–Crippen LogP) is 2.99. The first-order valence-electron chi connectivity index (χ1n) is 7.12. The molecular formula is C16H20N2OS. The Bertz CT molecular complexity index is 559. The van der Waals surface area contributed by atoms with Crippen LogP contribution in [0.1, 0.15) is 30.7 Å². The Hall–Kier alpha value is -1.23. The van der Waals surface area contributed by atoms with Crippen molar-refractivity contribution in [1.29, 1.82) is 0 Å². The molecule has 1 aliphatic rings. The van der Waals surface area contributed by atoms with Crippen molar-refractivity contribution in [3.63, 3.8) is 0 Å². The highest BCUT2D eigenvalue weighted by atomic mass is 32.1. The van der Waals surface area contributed by atoms with Gasteiger partial charge in [0.25, 0.3) is 0 Å². The molecule has 0 spiro atoms. The molecule has 1 aromatic carbocycles. The third-order valence-corrected chi connectivity index (χ3v) is 4.91. The molecule has 3 nitrogen and oxygen atoms in total. The second-order valence-corrected chi connectivity index (χ2v) is 6.67. The summed E-state index contributed by atoms with van der Waals surface area (Å²) >= 11 is 1.64. The molecule has 1 aliphatic carbocycles. The molecule has 0 saturated heterocycles. The molecule has 0 aliphatic heterocycles. The Labute approximate surface area is 123 Å². The number of hydrogen-bond acceptors (Lipinski definition) is 4. The molecule has 4 heteroatoms. The van der Waals surface area contributed by atoms with E-state index in [1.165, 1.54) is 0 Å². The van der Waals surface area contributed by atoms with Crippen molar-refractivity contribution in [1.82, 2.24) is 4.98 Å². The molecule has 3 rings (SSSR count). The molecule has 0 bridgehead atoms. The third kappa shape index (κ3) is 3.08. The van der Waals surface area contributed by atoms with E-state index in [0.29, 0.717) is 6.42 Å². The second-order valence-electron chi connectivity index (χ2n) is 5.73. The molecule has 1 saturated carbocycles. The average molecular weight is 288 g/mol. The zero-order chi connectivity index (χ0) is 14.0. The van der Waals surface area contributed by atoms with Crippen molar-refractivity contribution in [2.45, 2.75) is 43.7 Å². The normalized spacial score (nSPS) is 26.6. The van der Waals surface area contributed by atoms with Gasteiger partial charge in [0.1, 0.15) is 0 Å². The van der Waals surface area contributed by atoms with Gasteiger partial charge in [0.15, 0.2) is 0 Å². The molecule has 0 unspecified atom stereocenters. The molecule has 2 aromatic rings. The van der Waals surface area contributed by atoms with Gasteiger partial charge in [-0.1, -0.05) is 30.3 Å². The highest BCUT2D eigenvalue weighted by Crippen LogP contribution is 2.32. The fourth-order valence-electron chi connectivity index (χ4n) is 2.77. The quantitative estimate of drug-likeness (QED) is 0.913. The molecule has 1 heterocycles. The minimum Gasteiger partial charge on any atom is -0.389 e. The number of aliphatic hydroxyl groups is 1. The van der Waals surface area contributed by atoms with E-state index >= 15 is 0 Å². The Balaban J connectivity index is 1.71. The van der Waals surface area contributed by atoms with Crippen LogP contribution < -0.4 is 5.73 Å². The summed E-state index contributed by atoms with van der Waals surface area (Å²) in [6.45, 7) is 0. The van der Waals surface area contributed by atoms with Gasteiger partial charge in [0, 0.05) is 23.4 Å². The van der Waals surface area contributed by atoms with Crippen molar-refractivity contribution >= 4 is 11.3 Å². The molecule has 20 heavy (non-hydrogen) atoms. The highest BCUT2D eigenvalue weighted by molar-refractivity contribution is 7.09. The van der Waals surface area contributed by atoms with Crippen LogP contribution in [-0.4, -0.2) is 21.7 Å². The second kappa shape index (κ2) is 5.64. The number of rotatable bonds is 3. The average Bonchev–Trinajstić information content (AvgIpc) is 2.92. The molecule has 3 N–H and O–H groups in total. The number of aromatic nitrogens is 1. The van der Waals surface area contributed by atoms with Crippen LogP contribution in [-0.2, 0) is 6.42 Å². The van der Waals surface area contributed by atoms with E-state index in [9.17, 15) is 5.11 Å². The largest absolute Gasteiger partial charge is 0.389 e. The Morgan fingerprint density at radius 2 is 1.95 bits per heavy atom. The maximum atomic E-state index is 10.6. The van der Waals surface area contributed by atoms with Gasteiger partial charge in [-0.25, -0.2) is 4.98 Å². The summed E-state index contributed by atoms with van der Waals surface area (Å²) in [4.78, 5) is 4.67. The summed E-state index contributed by atoms with van der Waals surface area (Å²) in [5.41, 5.74) is 7.43. The van der Waals surface area contributed by atoms with Gasteiger partial charge in [0.2, 0.25) is 0 Å². The van der Waals surface area contributed by atoms with Crippen LogP contribution in [0.3, 0.4) is 0 Å². The van der Waals surface area contributed by atoms with E-state index in [2.05, 4.69) is 22.5 Å². The van der Waals surface area contributed by atoms with Crippen molar-refractivity contribution < 1.29 is 5.11 Å². The van der Waals surface area contributed by atoms with E-state index < -0.39 is 5.60 Å². The van der Waals surface area contributed by atoms with Gasteiger partial charge < -0.3 is 10.8 Å². The summed E-state index contributed by atoms with van der Waals surface area (Å²) in [6.07, 6.45) is 4.04. The van der Waals surface area contributed by atoms with Crippen molar-refractivity contribution in [3.8, 4) is 11.3 Å². The van der Waals surface area contributed by atoms with E-state index in [4.69, 9.17) is 5.73 Å². The lowest BCUT2D eigenvalue weighted by Gasteiger charge is -2.34. The lowest BCUT2D eigenvalue weighted by Crippen LogP contribution is -2.40. The lowest BCUT2D eigenvalue weighted by molar-refractivity contribution is 0.000197. The fourth-order valence-corrected chi connectivity index (χ4v) is 3.71. The highest BCUT2D eigenvalue weighted by Gasteiger charge is 2.33. The van der Waals surface area contributed by atoms with Gasteiger partial charge in [-0.3, -0.25) is 0 Å². The van der Waals surface area contributed by atoms with Crippen LogP contribution in [0.4, 0.5) is 0 Å². The van der Waals surface area contributed by atoms with E-state index in [1.807, 2.05) is 18.2 Å². The minimum absolute atomic E-state index is 0.256. The summed E-state index contributed by atoms with van der Waals surface area (Å²) in [5, 5.41) is 13.7. The Morgan fingerprint density at radius 3 is 2.65 bits per heavy atom. The van der Waals surface area contributed by atoms with Crippen LogP contribution in [0.5, 0.6) is 0 Å². The van der Waals surface area contributed by atoms with E-state index in [-0.39, 0.29) is 6.04 Å². The number of thiazole rings is 1. The van der Waals surface area contributed by atoms with Gasteiger partial charge in [0.05, 0.1) is 16.3 Å². The first-order valence-corrected chi connectivity index (χ1v) is 8.00. The topological polar surface area (TPSA) is 59.1 Å². The first kappa shape index (κ1) is 13.7. The number of benzene rings is 1. The molecule has 0 atom stereocenters. The summed E-state index contributed by atoms with van der Waals surface area (Å²) < 4.78 is 0. The zero-order valence-electron chi connectivity index (χ0n) is 11.5. The van der Waals surface area contributed by atoms with Crippen LogP contribution in [0.15, 0.2) is 35.7 Å². The summed E-state index contributed by atoms with van der Waals surface area (Å²) in [6, 6.07) is 10.4. The summed E-state index contributed by atoms with van der Waals surface area (Å²) in [5.74, 6) is 0. The minimum atomic E-state index is -0.609. The summed E-state index contributed by atoms with van der Waals surface area (Å²) in [7, 11) is 0. The molecule has 0 radical (unpaired) electrons. The van der Waals surface area contributed by atoms with Crippen LogP contribution in [0.25, 0.3) is 11.3 Å². The predicted molar refractivity (Wildman–Crippen MR) is 82.6 cm³/mol. The van der Waals surface area contributed by atoms with Crippen LogP contribution >= 0.6 is 11.3 Å². The lowest BCUT2D eigenvalue weighted by atomic mass is 9.80. The van der Waals surface area contributed by atoms with E-state index in [0.717, 1.165) is 41.9 Å².